The van der Waals surface area contributed by atoms with E-state index in [1.165, 1.54) is 12.1 Å². The largest absolute Gasteiger partial charge is 0.349 e. The molecule has 4 N–H and O–H groups in total. The molecule has 0 aliphatic heterocycles. The Hall–Kier alpha value is -1.22. The van der Waals surface area contributed by atoms with E-state index in [1.54, 1.807) is 0 Å². The van der Waals surface area contributed by atoms with E-state index in [-0.39, 0.29) is 48.6 Å². The molecule has 0 aliphatic carbocycles. The second-order valence-corrected chi connectivity index (χ2v) is 7.69. The van der Waals surface area contributed by atoms with Gasteiger partial charge in [-0.1, -0.05) is 13.8 Å². The van der Waals surface area contributed by atoms with Crippen molar-refractivity contribution in [3.63, 3.8) is 0 Å². The molecule has 0 fully saturated rings. The molecule has 1 aromatic rings. The molecule has 1 aromatic carbocycles. The van der Waals surface area contributed by atoms with E-state index >= 15 is 0 Å². The predicted molar refractivity (Wildman–Crippen MR) is 93.9 cm³/mol. The minimum Gasteiger partial charge on any atom is -0.349 e. The van der Waals surface area contributed by atoms with Crippen molar-refractivity contribution in [2.24, 2.45) is 11.7 Å². The first kappa shape index (κ1) is 22.8. The Balaban J connectivity index is 0.00000529. The number of hydrogen-bond donors (Lipinski definition) is 3. The average molecular weight is 382 g/mol. The van der Waals surface area contributed by atoms with Gasteiger partial charge in [0.25, 0.3) is 0 Å². The van der Waals surface area contributed by atoms with Crippen molar-refractivity contribution >= 4 is 28.3 Å². The van der Waals surface area contributed by atoms with Gasteiger partial charge >= 0.3 is 0 Å². The molecule has 9 heteroatoms. The quantitative estimate of drug-likeness (QED) is 0.633. The molecule has 138 valence electrons. The van der Waals surface area contributed by atoms with Crippen LogP contribution in [-0.4, -0.2) is 33.0 Å². The van der Waals surface area contributed by atoms with Crippen molar-refractivity contribution in [3.8, 4) is 0 Å². The minimum atomic E-state index is -3.76. The Morgan fingerprint density at radius 1 is 1.29 bits per heavy atom. The van der Waals surface area contributed by atoms with Gasteiger partial charge in [0.15, 0.2) is 0 Å². The average Bonchev–Trinajstić information content (AvgIpc) is 2.47. The third-order valence-electron chi connectivity index (χ3n) is 3.89. The lowest BCUT2D eigenvalue weighted by Gasteiger charge is -2.33. The fourth-order valence-corrected chi connectivity index (χ4v) is 2.84. The maximum absolute atomic E-state index is 12.8. The van der Waals surface area contributed by atoms with Gasteiger partial charge in [0.05, 0.1) is 10.4 Å². The summed E-state index contributed by atoms with van der Waals surface area (Å²) in [6.45, 7) is 5.98. The molecular weight excluding hydrogens is 357 g/mol. The van der Waals surface area contributed by atoms with Gasteiger partial charge < -0.3 is 11.1 Å². The fourth-order valence-electron chi connectivity index (χ4n) is 1.81. The van der Waals surface area contributed by atoms with Crippen LogP contribution < -0.4 is 15.8 Å². The number of nitrogens with one attached hydrogen (secondary N) is 2. The van der Waals surface area contributed by atoms with Crippen LogP contribution in [0.5, 0.6) is 0 Å². The molecule has 1 amide bonds. The van der Waals surface area contributed by atoms with E-state index < -0.39 is 21.4 Å². The van der Waals surface area contributed by atoms with Crippen LogP contribution in [-0.2, 0) is 14.8 Å². The molecule has 1 unspecified atom stereocenters. The number of carbonyl (C=O) groups excluding carboxylic acids is 1. The van der Waals surface area contributed by atoms with E-state index in [2.05, 4.69) is 10.0 Å². The Morgan fingerprint density at radius 2 is 1.83 bits per heavy atom. The summed E-state index contributed by atoms with van der Waals surface area (Å²) in [5.41, 5.74) is 5.15. The summed E-state index contributed by atoms with van der Waals surface area (Å²) in [6.07, 6.45) is -0.0112. The van der Waals surface area contributed by atoms with Crippen LogP contribution in [0, 0.1) is 11.7 Å². The molecule has 0 heterocycles. The Labute approximate surface area is 148 Å². The van der Waals surface area contributed by atoms with Gasteiger partial charge in [-0.15, -0.1) is 12.4 Å². The zero-order valence-electron chi connectivity index (χ0n) is 14.0. The maximum Gasteiger partial charge on any atom is 0.240 e. The summed E-state index contributed by atoms with van der Waals surface area (Å²) < 4.78 is 39.1. The Bertz CT molecular complexity index is 638. The number of nitrogens with two attached hydrogens (primary N) is 1. The first-order chi connectivity index (χ1) is 10.6. The zero-order valence-corrected chi connectivity index (χ0v) is 15.6. The summed E-state index contributed by atoms with van der Waals surface area (Å²) in [4.78, 5) is 11.9. The van der Waals surface area contributed by atoms with E-state index in [9.17, 15) is 17.6 Å². The zero-order chi connectivity index (χ0) is 17.7. The normalized spacial score (nSPS) is 13.9. The van der Waals surface area contributed by atoms with Gasteiger partial charge in [0, 0.05) is 19.5 Å². The summed E-state index contributed by atoms with van der Waals surface area (Å²) in [6, 6.07) is 4.47. The molecule has 0 spiro atoms. The number of amides is 1. The standard InChI is InChI=1S/C15H24FN3O3S.ClH/c1-11(2)15(3,10-17)19-14(20)8-9-18-23(21,22)13-6-4-12(16)5-7-13;/h4-7,11,18H,8-10,17H2,1-3H3,(H,19,20);1H. The highest BCUT2D eigenvalue weighted by Gasteiger charge is 2.28. The number of halogens is 2. The molecule has 6 nitrogen and oxygen atoms in total. The van der Waals surface area contributed by atoms with Crippen molar-refractivity contribution in [3.05, 3.63) is 30.1 Å². The molecule has 0 bridgehead atoms. The summed E-state index contributed by atoms with van der Waals surface area (Å²) in [5, 5.41) is 2.83. The lowest BCUT2D eigenvalue weighted by molar-refractivity contribution is -0.123. The Kier molecular flexibility index (Phi) is 8.84. The van der Waals surface area contributed by atoms with E-state index in [4.69, 9.17) is 5.73 Å². The van der Waals surface area contributed by atoms with Crippen molar-refractivity contribution < 1.29 is 17.6 Å². The lowest BCUT2D eigenvalue weighted by Crippen LogP contribution is -2.55. The van der Waals surface area contributed by atoms with E-state index in [0.29, 0.717) is 0 Å². The second-order valence-electron chi connectivity index (χ2n) is 5.93. The third-order valence-corrected chi connectivity index (χ3v) is 5.37. The first-order valence-electron chi connectivity index (χ1n) is 7.37. The third kappa shape index (κ3) is 6.35. The van der Waals surface area contributed by atoms with E-state index in [0.717, 1.165) is 12.1 Å². The summed E-state index contributed by atoms with van der Waals surface area (Å²) >= 11 is 0. The molecule has 0 aromatic heterocycles. The molecule has 1 atom stereocenters. The van der Waals surface area contributed by atoms with Crippen molar-refractivity contribution in [2.75, 3.05) is 13.1 Å². The number of sulfonamides is 1. The smallest absolute Gasteiger partial charge is 0.240 e. The van der Waals surface area contributed by atoms with Gasteiger partial charge in [-0.2, -0.15) is 0 Å². The SMILES string of the molecule is CC(C)C(C)(CN)NC(=O)CCNS(=O)(=O)c1ccc(F)cc1.Cl. The second kappa shape index (κ2) is 9.31. The van der Waals surface area contributed by atoms with Crippen molar-refractivity contribution in [1.82, 2.24) is 10.0 Å². The van der Waals surface area contributed by atoms with Crippen LogP contribution in [0.1, 0.15) is 27.2 Å². The molecule has 0 saturated carbocycles. The summed E-state index contributed by atoms with van der Waals surface area (Å²) in [7, 11) is -3.76. The highest BCUT2D eigenvalue weighted by atomic mass is 35.5. The number of rotatable bonds is 8. The highest BCUT2D eigenvalue weighted by Crippen LogP contribution is 2.15. The Morgan fingerprint density at radius 3 is 2.29 bits per heavy atom. The molecule has 24 heavy (non-hydrogen) atoms. The van der Waals surface area contributed by atoms with Crippen molar-refractivity contribution in [1.29, 1.82) is 0 Å². The molecule has 0 saturated heterocycles. The number of carbonyl (C=O) groups is 1. The highest BCUT2D eigenvalue weighted by molar-refractivity contribution is 7.89. The predicted octanol–water partition coefficient (Wildman–Crippen LogP) is 1.41. The number of benzene rings is 1. The monoisotopic (exact) mass is 381 g/mol. The van der Waals surface area contributed by atoms with Gasteiger partial charge in [0.1, 0.15) is 5.82 Å². The van der Waals surface area contributed by atoms with Crippen LogP contribution in [0.2, 0.25) is 0 Å². The minimum absolute atomic E-state index is 0. The van der Waals surface area contributed by atoms with Crippen LogP contribution in [0.25, 0.3) is 0 Å². The van der Waals surface area contributed by atoms with Crippen molar-refractivity contribution in [2.45, 2.75) is 37.6 Å². The number of hydrogen-bond acceptors (Lipinski definition) is 4. The van der Waals surface area contributed by atoms with Gasteiger partial charge in [-0.3, -0.25) is 4.79 Å². The van der Waals surface area contributed by atoms with Gasteiger partial charge in [0.2, 0.25) is 15.9 Å². The van der Waals surface area contributed by atoms with Crippen LogP contribution in [0.4, 0.5) is 4.39 Å². The first-order valence-corrected chi connectivity index (χ1v) is 8.85. The van der Waals surface area contributed by atoms with Crippen LogP contribution >= 0.6 is 12.4 Å². The molecule has 1 rings (SSSR count). The van der Waals surface area contributed by atoms with Crippen LogP contribution in [0.15, 0.2) is 29.2 Å². The topological polar surface area (TPSA) is 101 Å². The molecule has 0 radical (unpaired) electrons. The fraction of sp³-hybridized carbons (Fsp3) is 0.533. The van der Waals surface area contributed by atoms with Gasteiger partial charge in [-0.25, -0.2) is 17.5 Å². The molecule has 0 aliphatic rings. The van der Waals surface area contributed by atoms with Crippen LogP contribution in [0.3, 0.4) is 0 Å². The maximum atomic E-state index is 12.8. The summed E-state index contributed by atoms with van der Waals surface area (Å²) in [5.74, 6) is -0.654. The lowest BCUT2D eigenvalue weighted by atomic mass is 9.88. The van der Waals surface area contributed by atoms with Gasteiger partial charge in [-0.05, 0) is 37.1 Å². The molecular formula is C15H25ClFN3O3S. The van der Waals surface area contributed by atoms with E-state index in [1.807, 2.05) is 20.8 Å².